The van der Waals surface area contributed by atoms with Crippen molar-refractivity contribution in [1.29, 1.82) is 0 Å². The van der Waals surface area contributed by atoms with Gasteiger partial charge in [0.2, 0.25) is 0 Å². The van der Waals surface area contributed by atoms with Gasteiger partial charge in [-0.15, -0.1) is 0 Å². The van der Waals surface area contributed by atoms with Gasteiger partial charge in [0.25, 0.3) is 0 Å². The Morgan fingerprint density at radius 1 is 1.45 bits per heavy atom. The average molecular weight is 150 g/mol. The van der Waals surface area contributed by atoms with E-state index in [4.69, 9.17) is 0 Å². The summed E-state index contributed by atoms with van der Waals surface area (Å²) in [7, 11) is 0. The van der Waals surface area contributed by atoms with Crippen molar-refractivity contribution in [3.8, 4) is 0 Å². The predicted molar refractivity (Wildman–Crippen MR) is 48.4 cm³/mol. The fourth-order valence-corrected chi connectivity index (χ4v) is 0.642. The summed E-state index contributed by atoms with van der Waals surface area (Å²) in [5.74, 6) is 0. The first-order valence-corrected chi connectivity index (χ1v) is 3.79. The first kappa shape index (κ1) is 9.89. The molecular weight excluding hydrogens is 136 g/mol. The van der Waals surface area contributed by atoms with Crippen molar-refractivity contribution in [3.63, 3.8) is 0 Å². The maximum atomic E-state index is 10.3. The lowest BCUT2D eigenvalue weighted by atomic mass is 10.2. The monoisotopic (exact) mass is 150 g/mol. The Hall–Kier alpha value is -1.11. The lowest BCUT2D eigenvalue weighted by molar-refractivity contribution is -0.104. The zero-order valence-corrected chi connectivity index (χ0v) is 7.08. The number of aldehydes is 1. The molecule has 0 aromatic rings. The first-order chi connectivity index (χ1) is 5.35. The van der Waals surface area contributed by atoms with Crippen LogP contribution in [-0.4, -0.2) is 6.29 Å². The van der Waals surface area contributed by atoms with E-state index in [1.54, 1.807) is 12.2 Å². The van der Waals surface area contributed by atoms with Crippen molar-refractivity contribution in [1.82, 2.24) is 0 Å². The Morgan fingerprint density at radius 3 is 2.64 bits per heavy atom. The van der Waals surface area contributed by atoms with Gasteiger partial charge in [-0.3, -0.25) is 4.79 Å². The van der Waals surface area contributed by atoms with Crippen molar-refractivity contribution >= 4 is 6.29 Å². The van der Waals surface area contributed by atoms with Crippen LogP contribution in [0.15, 0.2) is 36.0 Å². The Morgan fingerprint density at radius 2 is 2.18 bits per heavy atom. The Balaban J connectivity index is 4.11. The van der Waals surface area contributed by atoms with Gasteiger partial charge in [-0.25, -0.2) is 0 Å². The highest BCUT2D eigenvalue weighted by Crippen LogP contribution is 1.93. The van der Waals surface area contributed by atoms with Crippen molar-refractivity contribution in [2.45, 2.75) is 20.3 Å². The van der Waals surface area contributed by atoms with Crippen LogP contribution in [0.5, 0.6) is 0 Å². The minimum atomic E-state index is 0.706. The summed E-state index contributed by atoms with van der Waals surface area (Å²) in [6.07, 6.45) is 11.2. The molecule has 0 bridgehead atoms. The number of carbonyl (C=O) groups excluding carboxylic acids is 1. The van der Waals surface area contributed by atoms with Crippen molar-refractivity contribution in [2.24, 2.45) is 0 Å². The minimum absolute atomic E-state index is 0.706. The topological polar surface area (TPSA) is 17.1 Å². The number of rotatable bonds is 4. The third-order valence-corrected chi connectivity index (χ3v) is 1.16. The smallest absolute Gasteiger partial charge is 0.150 e. The molecule has 0 aliphatic heterocycles. The largest absolute Gasteiger partial charge is 0.298 e. The van der Waals surface area contributed by atoms with E-state index >= 15 is 0 Å². The van der Waals surface area contributed by atoms with Crippen LogP contribution in [0.1, 0.15) is 20.3 Å². The summed E-state index contributed by atoms with van der Waals surface area (Å²) in [4.78, 5) is 10.3. The molecule has 0 unspecified atom stereocenters. The van der Waals surface area contributed by atoms with E-state index in [-0.39, 0.29) is 0 Å². The zero-order valence-electron chi connectivity index (χ0n) is 7.08. The van der Waals surface area contributed by atoms with Gasteiger partial charge < -0.3 is 0 Å². The molecule has 1 heteroatoms. The molecule has 0 fully saturated rings. The molecule has 0 aromatic heterocycles. The molecule has 60 valence electrons. The Kier molecular flexibility index (Phi) is 6.30. The highest BCUT2D eigenvalue weighted by atomic mass is 16.1. The van der Waals surface area contributed by atoms with Crippen LogP contribution >= 0.6 is 0 Å². The summed E-state index contributed by atoms with van der Waals surface area (Å²) in [6, 6.07) is 0. The van der Waals surface area contributed by atoms with Gasteiger partial charge in [0, 0.05) is 5.57 Å². The highest BCUT2D eigenvalue weighted by Gasteiger charge is 1.82. The van der Waals surface area contributed by atoms with Crippen molar-refractivity contribution < 1.29 is 4.79 Å². The maximum absolute atomic E-state index is 10.3. The van der Waals surface area contributed by atoms with Crippen LogP contribution in [0, 0.1) is 0 Å². The van der Waals surface area contributed by atoms with Gasteiger partial charge in [0.1, 0.15) is 6.29 Å². The maximum Gasteiger partial charge on any atom is 0.150 e. The van der Waals surface area contributed by atoms with Crippen LogP contribution in [0.3, 0.4) is 0 Å². The van der Waals surface area contributed by atoms with Gasteiger partial charge in [-0.05, 0) is 13.3 Å². The predicted octanol–water partition coefficient (Wildman–Crippen LogP) is 2.65. The van der Waals surface area contributed by atoms with Gasteiger partial charge in [0.15, 0.2) is 0 Å². The lowest BCUT2D eigenvalue weighted by Gasteiger charge is -1.83. The molecule has 0 spiro atoms. The van der Waals surface area contributed by atoms with Crippen LogP contribution in [0.2, 0.25) is 0 Å². The minimum Gasteiger partial charge on any atom is -0.298 e. The molecule has 11 heavy (non-hydrogen) atoms. The highest BCUT2D eigenvalue weighted by molar-refractivity contribution is 5.77. The van der Waals surface area contributed by atoms with E-state index in [1.807, 2.05) is 25.2 Å². The summed E-state index contributed by atoms with van der Waals surface area (Å²) in [5.41, 5.74) is 0.706. The molecule has 1 nitrogen and oxygen atoms in total. The van der Waals surface area contributed by atoms with Crippen molar-refractivity contribution in [3.05, 3.63) is 36.0 Å². The third kappa shape index (κ3) is 5.34. The van der Waals surface area contributed by atoms with Gasteiger partial charge in [-0.1, -0.05) is 37.3 Å². The molecule has 0 atom stereocenters. The van der Waals surface area contributed by atoms with Gasteiger partial charge in [0.05, 0.1) is 0 Å². The number of hydrogen-bond donors (Lipinski definition) is 0. The lowest BCUT2D eigenvalue weighted by Crippen LogP contribution is -1.75. The zero-order chi connectivity index (χ0) is 8.53. The molecule has 0 aliphatic carbocycles. The van der Waals surface area contributed by atoms with E-state index in [9.17, 15) is 4.79 Å². The summed E-state index contributed by atoms with van der Waals surface area (Å²) >= 11 is 0. The van der Waals surface area contributed by atoms with Crippen LogP contribution in [0.4, 0.5) is 0 Å². The second kappa shape index (κ2) is 7.00. The summed E-state index contributed by atoms with van der Waals surface area (Å²) in [6.45, 7) is 3.95. The van der Waals surface area contributed by atoms with Crippen LogP contribution in [-0.2, 0) is 4.79 Å². The standard InChI is InChI=1S/C10H14O/c1-3-5-6-8-10(9-11)7-4-2/h4-9H,3H2,1-2H3/b6-5-,7-4-,10-8+. The second-order valence-electron chi connectivity index (χ2n) is 2.12. The summed E-state index contributed by atoms with van der Waals surface area (Å²) < 4.78 is 0. The normalized spacial score (nSPS) is 13.1. The van der Waals surface area contributed by atoms with E-state index < -0.39 is 0 Å². The van der Waals surface area contributed by atoms with E-state index in [0.29, 0.717) is 5.57 Å². The van der Waals surface area contributed by atoms with Crippen molar-refractivity contribution in [2.75, 3.05) is 0 Å². The molecule has 0 aliphatic rings. The molecule has 0 saturated heterocycles. The van der Waals surface area contributed by atoms with Crippen LogP contribution < -0.4 is 0 Å². The van der Waals surface area contributed by atoms with Gasteiger partial charge in [-0.2, -0.15) is 0 Å². The number of hydrogen-bond acceptors (Lipinski definition) is 1. The fraction of sp³-hybridized carbons (Fsp3) is 0.300. The summed E-state index contributed by atoms with van der Waals surface area (Å²) in [5, 5.41) is 0. The first-order valence-electron chi connectivity index (χ1n) is 3.79. The molecule has 0 saturated carbocycles. The Labute approximate surface area is 68.1 Å². The van der Waals surface area contributed by atoms with Gasteiger partial charge >= 0.3 is 0 Å². The quantitative estimate of drug-likeness (QED) is 0.342. The van der Waals surface area contributed by atoms with E-state index in [2.05, 4.69) is 6.92 Å². The SMILES string of the molecule is C\C=C/C(C=O)=C\C=C/CC. The third-order valence-electron chi connectivity index (χ3n) is 1.16. The molecular formula is C10H14O. The van der Waals surface area contributed by atoms with E-state index in [1.165, 1.54) is 0 Å². The molecule has 0 amide bonds. The molecule has 0 radical (unpaired) electrons. The fourth-order valence-electron chi connectivity index (χ4n) is 0.642. The molecule has 0 heterocycles. The number of carbonyl (C=O) groups is 1. The second-order valence-corrected chi connectivity index (χ2v) is 2.12. The number of allylic oxidation sites excluding steroid dienone is 6. The Bertz CT molecular complexity index is 185. The van der Waals surface area contributed by atoms with Crippen LogP contribution in [0.25, 0.3) is 0 Å². The molecule has 0 aromatic carbocycles. The molecule has 0 rings (SSSR count). The molecule has 0 N–H and O–H groups in total. The van der Waals surface area contributed by atoms with E-state index in [0.717, 1.165) is 12.7 Å². The average Bonchev–Trinajstić information content (AvgIpc) is 2.03.